The van der Waals surface area contributed by atoms with Crippen LogP contribution in [0.3, 0.4) is 0 Å². The van der Waals surface area contributed by atoms with Crippen LogP contribution >= 0.6 is 0 Å². The van der Waals surface area contributed by atoms with E-state index in [1.807, 2.05) is 20.8 Å². The first-order valence-corrected chi connectivity index (χ1v) is 6.04. The molecular weight excluding hydrogens is 250 g/mol. The summed E-state index contributed by atoms with van der Waals surface area (Å²) in [6, 6.07) is 0. The van der Waals surface area contributed by atoms with Gasteiger partial charge < -0.3 is 20.5 Å². The number of carboxylic acid groups (broad SMARTS) is 1. The zero-order valence-electron chi connectivity index (χ0n) is 11.9. The van der Waals surface area contributed by atoms with Crippen LogP contribution in [0.15, 0.2) is 0 Å². The molecule has 7 nitrogen and oxygen atoms in total. The van der Waals surface area contributed by atoms with Crippen molar-refractivity contribution >= 4 is 17.9 Å². The number of nitrogens with one attached hydrogen (secondary N) is 1. The number of rotatable bonds is 1. The minimum absolute atomic E-state index is 0.00230. The Morgan fingerprint density at radius 3 is 2.21 bits per heavy atom. The Morgan fingerprint density at radius 2 is 1.89 bits per heavy atom. The summed E-state index contributed by atoms with van der Waals surface area (Å²) in [6.07, 6.45) is 0.445. The molecule has 0 aliphatic carbocycles. The van der Waals surface area contributed by atoms with E-state index in [4.69, 9.17) is 25.8 Å². The molecule has 1 heterocycles. The molecule has 0 radical (unpaired) electrons. The lowest BCUT2D eigenvalue weighted by atomic mass is 10.1. The number of likely N-dealkylation sites (tertiary alicyclic amines) is 1. The summed E-state index contributed by atoms with van der Waals surface area (Å²) < 4.78 is 5.23. The van der Waals surface area contributed by atoms with Crippen LogP contribution in [-0.2, 0) is 9.53 Å². The number of nitrogens with two attached hydrogens (primary N) is 1. The van der Waals surface area contributed by atoms with Gasteiger partial charge in [-0.1, -0.05) is 0 Å². The van der Waals surface area contributed by atoms with E-state index >= 15 is 0 Å². The third-order valence-electron chi connectivity index (χ3n) is 2.28. The summed E-state index contributed by atoms with van der Waals surface area (Å²) >= 11 is 0. The molecule has 1 aliphatic rings. The van der Waals surface area contributed by atoms with Gasteiger partial charge in [0.15, 0.2) is 0 Å². The number of amidine groups is 1. The molecule has 0 spiro atoms. The lowest BCUT2D eigenvalue weighted by molar-refractivity contribution is -0.134. The van der Waals surface area contributed by atoms with Gasteiger partial charge in [0.25, 0.3) is 5.97 Å². The van der Waals surface area contributed by atoms with Crippen LogP contribution in [-0.4, -0.2) is 46.6 Å². The third kappa shape index (κ3) is 8.01. The zero-order chi connectivity index (χ0) is 15.2. The van der Waals surface area contributed by atoms with Crippen LogP contribution in [0.1, 0.15) is 34.1 Å². The van der Waals surface area contributed by atoms with Crippen molar-refractivity contribution in [1.29, 1.82) is 5.41 Å². The predicted molar refractivity (Wildman–Crippen MR) is 71.1 cm³/mol. The molecule has 0 aromatic heterocycles. The molecule has 1 aliphatic heterocycles. The Kier molecular flexibility index (Phi) is 6.31. The molecule has 0 bridgehead atoms. The number of carbonyl (C=O) groups excluding carboxylic acids is 1. The fourth-order valence-corrected chi connectivity index (χ4v) is 1.51. The number of carbonyl (C=O) groups is 2. The lowest BCUT2D eigenvalue weighted by Crippen LogP contribution is -2.36. The molecule has 19 heavy (non-hydrogen) atoms. The molecule has 0 saturated carbocycles. The highest BCUT2D eigenvalue weighted by Crippen LogP contribution is 2.18. The second-order valence-electron chi connectivity index (χ2n) is 5.39. The lowest BCUT2D eigenvalue weighted by Gasteiger charge is -2.24. The quantitative estimate of drug-likeness (QED) is 0.491. The number of nitrogens with zero attached hydrogens (tertiary/aromatic N) is 1. The van der Waals surface area contributed by atoms with E-state index in [9.17, 15) is 4.79 Å². The van der Waals surface area contributed by atoms with E-state index in [-0.39, 0.29) is 17.8 Å². The van der Waals surface area contributed by atoms with Crippen molar-refractivity contribution in [3.05, 3.63) is 0 Å². The van der Waals surface area contributed by atoms with E-state index in [2.05, 4.69) is 0 Å². The number of ether oxygens (including phenoxy) is 1. The molecule has 1 atom stereocenters. The number of carboxylic acids is 1. The maximum absolute atomic E-state index is 11.6. The SMILES string of the molecule is CC(=O)O.CC(C)(C)OC(=O)N1CCC(C(=N)N)C1. The zero-order valence-corrected chi connectivity index (χ0v) is 11.9. The second kappa shape index (κ2) is 6.96. The Balaban J connectivity index is 0.000000711. The van der Waals surface area contributed by atoms with Gasteiger partial charge in [-0.2, -0.15) is 0 Å². The topological polar surface area (TPSA) is 117 Å². The summed E-state index contributed by atoms with van der Waals surface area (Å²) in [5, 5.41) is 14.7. The van der Waals surface area contributed by atoms with Gasteiger partial charge in [-0.3, -0.25) is 10.2 Å². The van der Waals surface area contributed by atoms with Gasteiger partial charge >= 0.3 is 6.09 Å². The standard InChI is InChI=1S/C10H19N3O2.C2H4O2/c1-10(2,3)15-9(14)13-5-4-7(6-13)8(11)12;1-2(3)4/h7H,4-6H2,1-3H3,(H3,11,12);1H3,(H,3,4). The number of hydrogen-bond acceptors (Lipinski definition) is 4. The minimum Gasteiger partial charge on any atom is -0.481 e. The first kappa shape index (κ1) is 17.2. The Morgan fingerprint density at radius 1 is 1.42 bits per heavy atom. The van der Waals surface area contributed by atoms with Crippen molar-refractivity contribution in [3.8, 4) is 0 Å². The van der Waals surface area contributed by atoms with Crippen molar-refractivity contribution in [2.75, 3.05) is 13.1 Å². The number of aliphatic carboxylic acids is 1. The van der Waals surface area contributed by atoms with Crippen molar-refractivity contribution in [1.82, 2.24) is 4.90 Å². The fraction of sp³-hybridized carbons (Fsp3) is 0.750. The van der Waals surface area contributed by atoms with E-state index in [1.165, 1.54) is 0 Å². The van der Waals surface area contributed by atoms with Crippen LogP contribution in [0.4, 0.5) is 4.79 Å². The first-order chi connectivity index (χ1) is 8.53. The summed E-state index contributed by atoms with van der Waals surface area (Å²) in [5.74, 6) is -0.682. The smallest absolute Gasteiger partial charge is 0.410 e. The van der Waals surface area contributed by atoms with Gasteiger partial charge in [0.2, 0.25) is 0 Å². The molecule has 0 aromatic rings. The van der Waals surface area contributed by atoms with E-state index in [1.54, 1.807) is 4.90 Å². The van der Waals surface area contributed by atoms with Crippen LogP contribution in [0.2, 0.25) is 0 Å². The third-order valence-corrected chi connectivity index (χ3v) is 2.28. The largest absolute Gasteiger partial charge is 0.481 e. The summed E-state index contributed by atoms with van der Waals surface area (Å²) in [5.41, 5.74) is 4.92. The Labute approximate surface area is 113 Å². The van der Waals surface area contributed by atoms with E-state index < -0.39 is 11.6 Å². The maximum atomic E-state index is 11.6. The highest BCUT2D eigenvalue weighted by Gasteiger charge is 2.30. The molecule has 4 N–H and O–H groups in total. The fourth-order valence-electron chi connectivity index (χ4n) is 1.51. The predicted octanol–water partition coefficient (Wildman–Crippen LogP) is 1.27. The highest BCUT2D eigenvalue weighted by atomic mass is 16.6. The van der Waals surface area contributed by atoms with Gasteiger partial charge in [0.05, 0.1) is 5.84 Å². The van der Waals surface area contributed by atoms with E-state index in [0.717, 1.165) is 13.3 Å². The molecule has 1 unspecified atom stereocenters. The molecule has 110 valence electrons. The summed E-state index contributed by atoms with van der Waals surface area (Å²) in [6.45, 7) is 7.72. The summed E-state index contributed by atoms with van der Waals surface area (Å²) in [7, 11) is 0. The summed E-state index contributed by atoms with van der Waals surface area (Å²) in [4.78, 5) is 22.2. The van der Waals surface area contributed by atoms with Gasteiger partial charge in [0, 0.05) is 25.9 Å². The second-order valence-corrected chi connectivity index (χ2v) is 5.39. The number of hydrogen-bond donors (Lipinski definition) is 3. The minimum atomic E-state index is -0.833. The molecule has 1 saturated heterocycles. The van der Waals surface area contributed by atoms with Crippen molar-refractivity contribution in [2.45, 2.75) is 39.7 Å². The van der Waals surface area contributed by atoms with Crippen molar-refractivity contribution in [2.24, 2.45) is 11.7 Å². The molecular formula is C12H23N3O4. The first-order valence-electron chi connectivity index (χ1n) is 6.04. The van der Waals surface area contributed by atoms with Crippen LogP contribution in [0.5, 0.6) is 0 Å². The Hall–Kier alpha value is -1.79. The number of amides is 1. The van der Waals surface area contributed by atoms with Crippen LogP contribution < -0.4 is 5.73 Å². The van der Waals surface area contributed by atoms with E-state index in [0.29, 0.717) is 13.1 Å². The van der Waals surface area contributed by atoms with Gasteiger partial charge in [-0.15, -0.1) is 0 Å². The van der Waals surface area contributed by atoms with Crippen molar-refractivity contribution < 1.29 is 19.4 Å². The Bertz CT molecular complexity index is 345. The highest BCUT2D eigenvalue weighted by molar-refractivity contribution is 5.81. The van der Waals surface area contributed by atoms with Crippen LogP contribution in [0.25, 0.3) is 0 Å². The molecule has 1 fully saturated rings. The monoisotopic (exact) mass is 273 g/mol. The van der Waals surface area contributed by atoms with Gasteiger partial charge in [-0.05, 0) is 27.2 Å². The molecule has 7 heteroatoms. The van der Waals surface area contributed by atoms with Crippen LogP contribution in [0, 0.1) is 11.3 Å². The molecule has 0 aromatic carbocycles. The average molecular weight is 273 g/mol. The normalized spacial score (nSPS) is 18.3. The average Bonchev–Trinajstić information content (AvgIpc) is 2.61. The molecule has 1 rings (SSSR count). The van der Waals surface area contributed by atoms with Crippen molar-refractivity contribution in [3.63, 3.8) is 0 Å². The van der Waals surface area contributed by atoms with Gasteiger partial charge in [-0.25, -0.2) is 4.79 Å². The van der Waals surface area contributed by atoms with Gasteiger partial charge in [0.1, 0.15) is 5.60 Å². The molecule has 1 amide bonds. The maximum Gasteiger partial charge on any atom is 0.410 e.